The molecule has 0 saturated carbocycles. The van der Waals surface area contributed by atoms with Gasteiger partial charge in [-0.1, -0.05) is 23.9 Å². The molecular weight excluding hydrogens is 372 g/mol. The second-order valence-electron chi connectivity index (χ2n) is 6.10. The first-order valence-corrected chi connectivity index (χ1v) is 9.45. The molecule has 3 N–H and O–H groups in total. The van der Waals surface area contributed by atoms with Gasteiger partial charge < -0.3 is 11.1 Å². The van der Waals surface area contributed by atoms with Gasteiger partial charge in [0.25, 0.3) is 0 Å². The van der Waals surface area contributed by atoms with Crippen LogP contribution in [0, 0.1) is 18.3 Å². The van der Waals surface area contributed by atoms with Crippen molar-refractivity contribution in [2.75, 3.05) is 11.1 Å². The largest absolute Gasteiger partial charge is 0.382 e. The number of hydrogen-bond acceptors (Lipinski definition) is 7. The molecule has 3 aromatic rings. The lowest BCUT2D eigenvalue weighted by molar-refractivity contribution is -0.114. The molecule has 2 heterocycles. The number of nitrogens with one attached hydrogen (secondary N) is 1. The maximum Gasteiger partial charge on any atom is 0.221 e. The lowest BCUT2D eigenvalue weighted by Crippen LogP contribution is -2.05. The van der Waals surface area contributed by atoms with Crippen molar-refractivity contribution in [2.24, 2.45) is 0 Å². The molecule has 1 amide bonds. The molecule has 0 spiro atoms. The van der Waals surface area contributed by atoms with Crippen molar-refractivity contribution >= 4 is 29.2 Å². The Balaban J connectivity index is 1.90. The van der Waals surface area contributed by atoms with E-state index in [-0.39, 0.29) is 17.3 Å². The van der Waals surface area contributed by atoms with E-state index in [0.717, 1.165) is 16.8 Å². The number of hydrogen-bond donors (Lipinski definition) is 2. The zero-order valence-electron chi connectivity index (χ0n) is 15.4. The number of aromatic nitrogens is 3. The van der Waals surface area contributed by atoms with E-state index in [2.05, 4.69) is 26.3 Å². The minimum atomic E-state index is -0.153. The van der Waals surface area contributed by atoms with Crippen molar-refractivity contribution in [3.8, 4) is 17.3 Å². The molecule has 0 aliphatic carbocycles. The van der Waals surface area contributed by atoms with Crippen molar-refractivity contribution in [2.45, 2.75) is 24.8 Å². The SMILES string of the molecule is CC(=O)Nc1ccc(-c2nc(SCc3cc(C)ccn3)nc(N)c2C#N)cc1. The van der Waals surface area contributed by atoms with Crippen LogP contribution in [0.4, 0.5) is 11.5 Å². The number of anilines is 2. The van der Waals surface area contributed by atoms with E-state index in [4.69, 9.17) is 5.73 Å². The van der Waals surface area contributed by atoms with Crippen LogP contribution in [-0.2, 0) is 10.5 Å². The molecule has 2 aromatic heterocycles. The zero-order valence-corrected chi connectivity index (χ0v) is 16.2. The number of nitriles is 1. The Morgan fingerprint density at radius 3 is 2.64 bits per heavy atom. The molecule has 0 unspecified atom stereocenters. The Labute approximate surface area is 167 Å². The smallest absolute Gasteiger partial charge is 0.221 e. The van der Waals surface area contributed by atoms with Crippen molar-refractivity contribution in [1.82, 2.24) is 15.0 Å². The van der Waals surface area contributed by atoms with Gasteiger partial charge >= 0.3 is 0 Å². The molecule has 0 fully saturated rings. The van der Waals surface area contributed by atoms with Crippen LogP contribution in [0.5, 0.6) is 0 Å². The van der Waals surface area contributed by atoms with Gasteiger partial charge in [0.15, 0.2) is 5.16 Å². The Hall–Kier alpha value is -3.44. The lowest BCUT2D eigenvalue weighted by Gasteiger charge is -2.09. The molecule has 140 valence electrons. The predicted octanol–water partition coefficient (Wildman–Crippen LogP) is 3.55. The highest BCUT2D eigenvalue weighted by molar-refractivity contribution is 7.98. The van der Waals surface area contributed by atoms with Gasteiger partial charge in [-0.15, -0.1) is 0 Å². The van der Waals surface area contributed by atoms with E-state index < -0.39 is 0 Å². The fourth-order valence-electron chi connectivity index (χ4n) is 2.57. The van der Waals surface area contributed by atoms with Crippen LogP contribution < -0.4 is 11.1 Å². The monoisotopic (exact) mass is 390 g/mol. The maximum absolute atomic E-state index is 11.2. The van der Waals surface area contributed by atoms with Gasteiger partial charge in [-0.2, -0.15) is 5.26 Å². The number of nitrogens with zero attached hydrogens (tertiary/aromatic N) is 4. The first-order chi connectivity index (χ1) is 13.5. The van der Waals surface area contributed by atoms with Crippen LogP contribution in [0.3, 0.4) is 0 Å². The van der Waals surface area contributed by atoms with E-state index in [9.17, 15) is 10.1 Å². The highest BCUT2D eigenvalue weighted by atomic mass is 32.2. The van der Waals surface area contributed by atoms with Gasteiger partial charge in [0, 0.05) is 30.1 Å². The summed E-state index contributed by atoms with van der Waals surface area (Å²) in [6, 6.07) is 13.1. The quantitative estimate of drug-likeness (QED) is 0.505. The number of carbonyl (C=O) groups is 1. The number of carbonyl (C=O) groups excluding carboxylic acids is 1. The first kappa shape index (κ1) is 19.3. The van der Waals surface area contributed by atoms with Gasteiger partial charge in [0.05, 0.1) is 11.4 Å². The Morgan fingerprint density at radius 1 is 1.25 bits per heavy atom. The molecule has 8 heteroatoms. The van der Waals surface area contributed by atoms with Crippen molar-refractivity contribution in [1.29, 1.82) is 5.26 Å². The van der Waals surface area contributed by atoms with E-state index in [1.54, 1.807) is 30.5 Å². The van der Waals surface area contributed by atoms with Gasteiger partial charge in [0.2, 0.25) is 5.91 Å². The minimum Gasteiger partial charge on any atom is -0.382 e. The zero-order chi connectivity index (χ0) is 20.1. The normalized spacial score (nSPS) is 10.3. The number of aryl methyl sites for hydroxylation is 1. The van der Waals surface area contributed by atoms with Gasteiger partial charge in [-0.25, -0.2) is 9.97 Å². The Kier molecular flexibility index (Phi) is 5.87. The van der Waals surface area contributed by atoms with Crippen LogP contribution in [0.1, 0.15) is 23.7 Å². The predicted molar refractivity (Wildman–Crippen MR) is 109 cm³/mol. The molecule has 0 aliphatic heterocycles. The van der Waals surface area contributed by atoms with Gasteiger partial charge in [0.1, 0.15) is 17.5 Å². The van der Waals surface area contributed by atoms with Crippen molar-refractivity contribution < 1.29 is 4.79 Å². The molecular formula is C20H18N6OS. The fourth-order valence-corrected chi connectivity index (χ4v) is 3.32. The highest BCUT2D eigenvalue weighted by Crippen LogP contribution is 2.29. The summed E-state index contributed by atoms with van der Waals surface area (Å²) in [4.78, 5) is 24.3. The molecule has 7 nitrogen and oxygen atoms in total. The number of pyridine rings is 1. The third kappa shape index (κ3) is 4.64. The Morgan fingerprint density at radius 2 is 2.00 bits per heavy atom. The fraction of sp³-hybridized carbons (Fsp3) is 0.150. The number of thioether (sulfide) groups is 1. The minimum absolute atomic E-state index is 0.137. The third-order valence-corrected chi connectivity index (χ3v) is 4.71. The number of nitrogens with two attached hydrogens (primary N) is 1. The molecule has 3 rings (SSSR count). The van der Waals surface area contributed by atoms with Crippen LogP contribution >= 0.6 is 11.8 Å². The Bertz CT molecular complexity index is 1060. The van der Waals surface area contributed by atoms with Crippen LogP contribution in [0.15, 0.2) is 47.8 Å². The standard InChI is InChI=1S/C20H18N6OS/c1-12-7-8-23-16(9-12)11-28-20-25-18(17(10-21)19(22)26-20)14-3-5-15(6-4-14)24-13(2)27/h3-9H,11H2,1-2H3,(H,24,27)(H2,22,25,26). The van der Waals surface area contributed by atoms with Gasteiger partial charge in [-0.3, -0.25) is 9.78 Å². The van der Waals surface area contributed by atoms with E-state index in [1.165, 1.54) is 18.7 Å². The summed E-state index contributed by atoms with van der Waals surface area (Å²) < 4.78 is 0. The average Bonchev–Trinajstić information content (AvgIpc) is 2.66. The summed E-state index contributed by atoms with van der Waals surface area (Å²) in [5.74, 6) is 0.576. The molecule has 0 bridgehead atoms. The van der Waals surface area contributed by atoms with E-state index in [0.29, 0.717) is 22.3 Å². The average molecular weight is 390 g/mol. The highest BCUT2D eigenvalue weighted by Gasteiger charge is 2.15. The van der Waals surface area contributed by atoms with Crippen LogP contribution in [0.25, 0.3) is 11.3 Å². The molecule has 28 heavy (non-hydrogen) atoms. The summed E-state index contributed by atoms with van der Waals surface area (Å²) in [7, 11) is 0. The molecule has 1 aromatic carbocycles. The summed E-state index contributed by atoms with van der Waals surface area (Å²) in [5, 5.41) is 12.7. The first-order valence-electron chi connectivity index (χ1n) is 8.46. The third-order valence-electron chi connectivity index (χ3n) is 3.83. The second kappa shape index (κ2) is 8.50. The number of nitrogen functional groups attached to an aromatic ring is 1. The second-order valence-corrected chi connectivity index (χ2v) is 7.04. The van der Waals surface area contributed by atoms with Gasteiger partial charge in [-0.05, 0) is 36.8 Å². The molecule has 0 aliphatic rings. The molecule has 0 atom stereocenters. The maximum atomic E-state index is 11.2. The summed E-state index contributed by atoms with van der Waals surface area (Å²) in [5.41, 5.74) is 10.1. The van der Waals surface area contributed by atoms with E-state index in [1.807, 2.05) is 19.1 Å². The summed E-state index contributed by atoms with van der Waals surface area (Å²) in [6.07, 6.45) is 1.77. The topological polar surface area (TPSA) is 118 Å². The summed E-state index contributed by atoms with van der Waals surface area (Å²) in [6.45, 7) is 3.45. The lowest BCUT2D eigenvalue weighted by atomic mass is 10.1. The number of rotatable bonds is 5. The van der Waals surface area contributed by atoms with Crippen LogP contribution in [0.2, 0.25) is 0 Å². The number of benzene rings is 1. The van der Waals surface area contributed by atoms with E-state index >= 15 is 0 Å². The summed E-state index contributed by atoms with van der Waals surface area (Å²) >= 11 is 1.40. The molecule has 0 radical (unpaired) electrons. The van der Waals surface area contributed by atoms with Crippen LogP contribution in [-0.4, -0.2) is 20.9 Å². The molecule has 0 saturated heterocycles. The number of amides is 1. The van der Waals surface area contributed by atoms with Crippen molar-refractivity contribution in [3.63, 3.8) is 0 Å². The van der Waals surface area contributed by atoms with Crippen molar-refractivity contribution in [3.05, 3.63) is 59.4 Å².